The summed E-state index contributed by atoms with van der Waals surface area (Å²) in [5, 5.41) is 25.6. The Morgan fingerprint density at radius 3 is 2.52 bits per heavy atom. The highest BCUT2D eigenvalue weighted by atomic mass is 35.5. The Hall–Kier alpha value is -3.97. The largest absolute Gasteiger partial charge is 0.391 e. The van der Waals surface area contributed by atoms with Gasteiger partial charge in [-0.1, -0.05) is 29.8 Å². The lowest BCUT2D eigenvalue weighted by Gasteiger charge is -2.30. The van der Waals surface area contributed by atoms with Crippen LogP contribution in [0.5, 0.6) is 0 Å². The van der Waals surface area contributed by atoms with Crippen LogP contribution in [0.15, 0.2) is 66.7 Å². The van der Waals surface area contributed by atoms with E-state index < -0.39 is 29.9 Å². The second-order valence-electron chi connectivity index (χ2n) is 10.3. The van der Waals surface area contributed by atoms with Crippen molar-refractivity contribution in [2.45, 2.75) is 43.5 Å². The lowest BCUT2D eigenvalue weighted by Crippen LogP contribution is -2.45. The molecule has 3 N–H and O–H groups in total. The van der Waals surface area contributed by atoms with E-state index in [-0.39, 0.29) is 24.7 Å². The van der Waals surface area contributed by atoms with Gasteiger partial charge in [-0.25, -0.2) is 9.18 Å². The predicted molar refractivity (Wildman–Crippen MR) is 150 cm³/mol. The molecule has 3 aromatic rings. The van der Waals surface area contributed by atoms with E-state index in [1.54, 1.807) is 42.5 Å². The Labute approximate surface area is 237 Å². The number of hydrogen-bond donors (Lipinski definition) is 3. The maximum atomic E-state index is 15.0. The van der Waals surface area contributed by atoms with Crippen LogP contribution in [-0.2, 0) is 4.79 Å². The zero-order valence-electron chi connectivity index (χ0n) is 21.8. The first-order chi connectivity index (χ1) is 19.2. The molecule has 0 aromatic heterocycles. The summed E-state index contributed by atoms with van der Waals surface area (Å²) in [5.74, 6) is -1.22. The van der Waals surface area contributed by atoms with Crippen LogP contribution in [0.4, 0.5) is 20.6 Å². The number of carbonyl (C=O) groups is 2. The molecule has 1 heterocycles. The van der Waals surface area contributed by atoms with Crippen LogP contribution in [0.25, 0.3) is 0 Å². The number of anilines is 2. The first kappa shape index (κ1) is 27.6. The van der Waals surface area contributed by atoms with E-state index in [9.17, 15) is 20.0 Å². The molecule has 8 nitrogen and oxygen atoms in total. The highest BCUT2D eigenvalue weighted by Gasteiger charge is 2.39. The number of nitrogens with zero attached hydrogens (tertiary/aromatic N) is 3. The number of benzene rings is 3. The zero-order valence-corrected chi connectivity index (χ0v) is 22.6. The van der Waals surface area contributed by atoms with Gasteiger partial charge in [-0.05, 0) is 79.5 Å². The second kappa shape index (κ2) is 11.6. The normalized spacial score (nSPS) is 19.2. The monoisotopic (exact) mass is 561 g/mol. The van der Waals surface area contributed by atoms with E-state index in [1.807, 2.05) is 25.2 Å². The lowest BCUT2D eigenvalue weighted by molar-refractivity contribution is -0.119. The summed E-state index contributed by atoms with van der Waals surface area (Å²) in [7, 11) is 2.00. The summed E-state index contributed by atoms with van der Waals surface area (Å²) in [6.45, 7) is -0.0382. The topological polar surface area (TPSA) is 109 Å². The van der Waals surface area contributed by atoms with Crippen molar-refractivity contribution in [2.75, 3.05) is 24.2 Å². The molecule has 3 aromatic carbocycles. The third-order valence-electron chi connectivity index (χ3n) is 7.36. The highest BCUT2D eigenvalue weighted by molar-refractivity contribution is 6.30. The molecular weight excluding hydrogens is 533 g/mol. The smallest absolute Gasteiger partial charge is 0.322 e. The van der Waals surface area contributed by atoms with Crippen molar-refractivity contribution < 1.29 is 19.1 Å². The van der Waals surface area contributed by atoms with Gasteiger partial charge in [-0.2, -0.15) is 5.26 Å². The molecule has 40 heavy (non-hydrogen) atoms. The molecule has 3 amide bonds. The minimum atomic E-state index is -0.998. The molecule has 10 heteroatoms. The molecule has 0 radical (unpaired) electrons. The Balaban J connectivity index is 1.38. The minimum Gasteiger partial charge on any atom is -0.391 e. The van der Waals surface area contributed by atoms with E-state index in [0.717, 1.165) is 24.0 Å². The summed E-state index contributed by atoms with van der Waals surface area (Å²) in [6.07, 6.45) is 1.23. The van der Waals surface area contributed by atoms with Crippen LogP contribution >= 0.6 is 11.6 Å². The van der Waals surface area contributed by atoms with Gasteiger partial charge < -0.3 is 20.6 Å². The number of amides is 3. The van der Waals surface area contributed by atoms with Crippen molar-refractivity contribution in [2.24, 2.45) is 0 Å². The standard InChI is InChI=1S/C30H29ClFN5O3/c1-36(23-10-11-23)28(19-4-2-3-18(13-19)16-33)20-5-12-25(32)26(14-20)35-29(39)27-15-24(38)17-37(27)30(40)34-22-8-6-21(31)7-9-22/h2-9,12-14,23-24,27-28,38H,10-11,15,17H2,1H3,(H,34,40)(H,35,39)/t24-,27-,28-/m1/s1. The molecule has 0 bridgehead atoms. The van der Waals surface area contributed by atoms with Crippen molar-refractivity contribution >= 4 is 34.9 Å². The summed E-state index contributed by atoms with van der Waals surface area (Å²) < 4.78 is 15.0. The van der Waals surface area contributed by atoms with Gasteiger partial charge >= 0.3 is 6.03 Å². The summed E-state index contributed by atoms with van der Waals surface area (Å²) in [5.41, 5.74) is 2.64. The van der Waals surface area contributed by atoms with Crippen molar-refractivity contribution in [1.29, 1.82) is 5.26 Å². The van der Waals surface area contributed by atoms with Gasteiger partial charge in [0, 0.05) is 29.7 Å². The Morgan fingerprint density at radius 2 is 1.82 bits per heavy atom. The van der Waals surface area contributed by atoms with Gasteiger partial charge in [0.25, 0.3) is 0 Å². The lowest BCUT2D eigenvalue weighted by atomic mass is 9.95. The number of likely N-dealkylation sites (tertiary alicyclic amines) is 1. The molecule has 1 aliphatic carbocycles. The van der Waals surface area contributed by atoms with Crippen LogP contribution < -0.4 is 10.6 Å². The quantitative estimate of drug-likeness (QED) is 0.370. The maximum absolute atomic E-state index is 15.0. The average molecular weight is 562 g/mol. The molecule has 206 valence electrons. The number of β-amino-alcohol motifs (C(OH)–C–C–N with tert-alkyl or cyclic N) is 1. The van der Waals surface area contributed by atoms with E-state index in [1.165, 1.54) is 11.0 Å². The van der Waals surface area contributed by atoms with Crippen LogP contribution in [0.2, 0.25) is 5.02 Å². The number of aliphatic hydroxyl groups is 1. The molecule has 2 aliphatic rings. The van der Waals surface area contributed by atoms with Crippen LogP contribution in [0.3, 0.4) is 0 Å². The Bertz CT molecular complexity index is 1460. The molecule has 1 saturated heterocycles. The number of carbonyl (C=O) groups excluding carboxylic acids is 2. The number of urea groups is 1. The van der Waals surface area contributed by atoms with E-state index in [0.29, 0.717) is 22.3 Å². The minimum absolute atomic E-state index is 0.0208. The first-order valence-corrected chi connectivity index (χ1v) is 13.4. The molecule has 3 atom stereocenters. The van der Waals surface area contributed by atoms with Gasteiger partial charge in [0.2, 0.25) is 5.91 Å². The van der Waals surface area contributed by atoms with Gasteiger partial charge in [0.15, 0.2) is 0 Å². The molecule has 1 aliphatic heterocycles. The molecule has 0 unspecified atom stereocenters. The van der Waals surface area contributed by atoms with E-state index in [4.69, 9.17) is 11.6 Å². The number of halogens is 2. The second-order valence-corrected chi connectivity index (χ2v) is 10.7. The number of hydrogen-bond acceptors (Lipinski definition) is 5. The summed E-state index contributed by atoms with van der Waals surface area (Å²) in [4.78, 5) is 29.7. The Kier molecular flexibility index (Phi) is 8.03. The number of aliphatic hydroxyl groups excluding tert-OH is 1. The summed E-state index contributed by atoms with van der Waals surface area (Å²) >= 11 is 5.91. The zero-order chi connectivity index (χ0) is 28.4. The van der Waals surface area contributed by atoms with Gasteiger partial charge in [0.1, 0.15) is 11.9 Å². The van der Waals surface area contributed by atoms with Gasteiger partial charge in [-0.15, -0.1) is 0 Å². The number of rotatable bonds is 7. The van der Waals surface area contributed by atoms with Crippen molar-refractivity contribution in [3.8, 4) is 6.07 Å². The molecule has 5 rings (SSSR count). The van der Waals surface area contributed by atoms with E-state index >= 15 is 4.39 Å². The Morgan fingerprint density at radius 1 is 1.10 bits per heavy atom. The molecule has 1 saturated carbocycles. The number of nitrogens with one attached hydrogen (secondary N) is 2. The average Bonchev–Trinajstić information content (AvgIpc) is 3.72. The SMILES string of the molecule is CN(C1CC1)[C@H](c1cccc(C#N)c1)c1ccc(F)c(NC(=O)[C@H]2C[C@@H](O)CN2C(=O)Nc2ccc(Cl)cc2)c1. The van der Waals surface area contributed by atoms with Gasteiger partial charge in [0.05, 0.1) is 29.5 Å². The van der Waals surface area contributed by atoms with Crippen molar-refractivity contribution in [1.82, 2.24) is 9.80 Å². The first-order valence-electron chi connectivity index (χ1n) is 13.1. The van der Waals surface area contributed by atoms with Crippen LogP contribution in [0.1, 0.15) is 42.0 Å². The predicted octanol–water partition coefficient (Wildman–Crippen LogP) is 5.14. The fraction of sp³-hybridized carbons (Fsp3) is 0.300. The third kappa shape index (κ3) is 6.10. The van der Waals surface area contributed by atoms with Gasteiger partial charge in [-0.3, -0.25) is 9.69 Å². The van der Waals surface area contributed by atoms with E-state index in [2.05, 4.69) is 21.6 Å². The third-order valence-corrected chi connectivity index (χ3v) is 7.62. The van der Waals surface area contributed by atoms with Crippen molar-refractivity contribution in [3.63, 3.8) is 0 Å². The van der Waals surface area contributed by atoms with Crippen LogP contribution in [-0.4, -0.2) is 58.6 Å². The maximum Gasteiger partial charge on any atom is 0.322 e. The van der Waals surface area contributed by atoms with Crippen LogP contribution in [0, 0.1) is 17.1 Å². The summed E-state index contributed by atoms with van der Waals surface area (Å²) in [6, 6.07) is 19.1. The molecular formula is C30H29ClFN5O3. The fourth-order valence-electron chi connectivity index (χ4n) is 5.17. The molecule has 0 spiro atoms. The van der Waals surface area contributed by atoms with Crippen molar-refractivity contribution in [3.05, 3.63) is 94.3 Å². The fourth-order valence-corrected chi connectivity index (χ4v) is 5.30. The molecule has 2 fully saturated rings. The highest BCUT2D eigenvalue weighted by Crippen LogP contribution is 2.38. The number of nitriles is 1.